The Balaban J connectivity index is 1.78. The van der Waals surface area contributed by atoms with Crippen LogP contribution in [-0.2, 0) is 4.74 Å². The van der Waals surface area contributed by atoms with Gasteiger partial charge in [-0.15, -0.1) is 0 Å². The van der Waals surface area contributed by atoms with E-state index in [1.54, 1.807) is 12.1 Å². The molecule has 1 fully saturated rings. The number of benzene rings is 2. The van der Waals surface area contributed by atoms with Crippen molar-refractivity contribution in [3.05, 3.63) is 71.8 Å². The number of hydrogen-bond donors (Lipinski definition) is 2. The van der Waals surface area contributed by atoms with Crippen LogP contribution >= 0.6 is 0 Å². The topological polar surface area (TPSA) is 55.1 Å². The SMILES string of the molecule is C/C(=N/NC(=O)c1ccccc1)[C@H](c1ccccc1)[NH+]1CCOCC1. The third kappa shape index (κ3) is 4.53. The minimum atomic E-state index is -0.191. The summed E-state index contributed by atoms with van der Waals surface area (Å²) in [5.74, 6) is -0.191. The molecule has 5 heteroatoms. The van der Waals surface area contributed by atoms with Crippen LogP contribution in [0.25, 0.3) is 0 Å². The third-order valence-corrected chi connectivity index (χ3v) is 4.46. The molecule has 0 radical (unpaired) electrons. The predicted molar refractivity (Wildman–Crippen MR) is 97.7 cm³/mol. The largest absolute Gasteiger partial charge is 0.370 e. The van der Waals surface area contributed by atoms with Gasteiger partial charge in [0.1, 0.15) is 13.1 Å². The first-order valence-corrected chi connectivity index (χ1v) is 8.62. The van der Waals surface area contributed by atoms with Crippen molar-refractivity contribution in [1.29, 1.82) is 0 Å². The Hall–Kier alpha value is -2.50. The average Bonchev–Trinajstić information content (AvgIpc) is 2.69. The number of carbonyl (C=O) groups is 1. The van der Waals surface area contributed by atoms with E-state index in [1.807, 2.05) is 43.3 Å². The van der Waals surface area contributed by atoms with E-state index in [0.29, 0.717) is 5.56 Å². The maximum Gasteiger partial charge on any atom is 0.271 e. The van der Waals surface area contributed by atoms with Gasteiger partial charge in [-0.2, -0.15) is 5.10 Å². The molecule has 1 aliphatic rings. The highest BCUT2D eigenvalue weighted by Gasteiger charge is 2.29. The molecular weight excluding hydrogens is 314 g/mol. The highest BCUT2D eigenvalue weighted by molar-refractivity contribution is 5.95. The number of nitrogens with zero attached hydrogens (tertiary/aromatic N) is 1. The molecule has 2 aromatic rings. The van der Waals surface area contributed by atoms with E-state index in [4.69, 9.17) is 4.74 Å². The fourth-order valence-electron chi connectivity index (χ4n) is 3.20. The summed E-state index contributed by atoms with van der Waals surface area (Å²) in [6, 6.07) is 19.6. The van der Waals surface area contributed by atoms with Crippen molar-refractivity contribution in [3.63, 3.8) is 0 Å². The Bertz CT molecular complexity index is 710. The Morgan fingerprint density at radius 2 is 1.64 bits per heavy atom. The summed E-state index contributed by atoms with van der Waals surface area (Å²) >= 11 is 0. The second-order valence-corrected chi connectivity index (χ2v) is 6.17. The van der Waals surface area contributed by atoms with Crippen molar-refractivity contribution >= 4 is 11.6 Å². The van der Waals surface area contributed by atoms with Gasteiger partial charge in [-0.05, 0) is 19.1 Å². The quantitative estimate of drug-likeness (QED) is 0.640. The van der Waals surface area contributed by atoms with Crippen LogP contribution in [0, 0.1) is 0 Å². The molecule has 25 heavy (non-hydrogen) atoms. The summed E-state index contributed by atoms with van der Waals surface area (Å²) in [5, 5.41) is 4.41. The van der Waals surface area contributed by atoms with E-state index in [9.17, 15) is 4.79 Å². The van der Waals surface area contributed by atoms with Crippen LogP contribution in [0.4, 0.5) is 0 Å². The third-order valence-electron chi connectivity index (χ3n) is 4.46. The highest BCUT2D eigenvalue weighted by Crippen LogP contribution is 2.12. The number of hydrazone groups is 1. The standard InChI is InChI=1S/C20H23N3O2/c1-16(21-22-20(24)18-10-6-3-7-11-18)19(17-8-4-2-5-9-17)23-12-14-25-15-13-23/h2-11,19H,12-15H2,1H3,(H,22,24)/p+1/b21-16-/t19-/m1/s1. The summed E-state index contributed by atoms with van der Waals surface area (Å²) in [5.41, 5.74) is 5.40. The van der Waals surface area contributed by atoms with Crippen molar-refractivity contribution in [2.45, 2.75) is 13.0 Å². The van der Waals surface area contributed by atoms with E-state index < -0.39 is 0 Å². The van der Waals surface area contributed by atoms with Gasteiger partial charge in [0, 0.05) is 11.1 Å². The first kappa shape index (κ1) is 17.3. The van der Waals surface area contributed by atoms with Crippen LogP contribution in [0.15, 0.2) is 65.8 Å². The van der Waals surface area contributed by atoms with E-state index in [2.05, 4.69) is 22.7 Å². The molecule has 0 aromatic heterocycles. The number of hydrogen-bond acceptors (Lipinski definition) is 3. The number of ether oxygens (including phenoxy) is 1. The molecule has 1 atom stereocenters. The smallest absolute Gasteiger partial charge is 0.271 e. The predicted octanol–water partition coefficient (Wildman–Crippen LogP) is 1.45. The molecular formula is C20H24N3O2+. The Kier molecular flexibility index (Phi) is 5.93. The lowest BCUT2D eigenvalue weighted by Crippen LogP contribution is -3.15. The minimum absolute atomic E-state index is 0.112. The number of rotatable bonds is 5. The van der Waals surface area contributed by atoms with Crippen molar-refractivity contribution in [2.24, 2.45) is 5.10 Å². The Labute approximate surface area is 148 Å². The van der Waals surface area contributed by atoms with Gasteiger partial charge < -0.3 is 9.64 Å². The van der Waals surface area contributed by atoms with Crippen molar-refractivity contribution in [3.8, 4) is 0 Å². The zero-order valence-electron chi connectivity index (χ0n) is 14.4. The fourth-order valence-corrected chi connectivity index (χ4v) is 3.20. The first-order valence-electron chi connectivity index (χ1n) is 8.62. The van der Waals surface area contributed by atoms with Crippen LogP contribution in [0.3, 0.4) is 0 Å². The van der Waals surface area contributed by atoms with E-state index in [-0.39, 0.29) is 11.9 Å². The molecule has 1 saturated heterocycles. The molecule has 2 aromatic carbocycles. The van der Waals surface area contributed by atoms with Crippen LogP contribution in [0.1, 0.15) is 28.9 Å². The van der Waals surface area contributed by atoms with E-state index >= 15 is 0 Å². The lowest BCUT2D eigenvalue weighted by Gasteiger charge is -2.31. The minimum Gasteiger partial charge on any atom is -0.370 e. The number of nitrogens with one attached hydrogen (secondary N) is 2. The lowest BCUT2D eigenvalue weighted by atomic mass is 10.0. The zero-order chi connectivity index (χ0) is 17.5. The molecule has 0 saturated carbocycles. The Morgan fingerprint density at radius 3 is 2.28 bits per heavy atom. The molecule has 0 aliphatic carbocycles. The van der Waals surface area contributed by atoms with Crippen molar-refractivity contribution in [1.82, 2.24) is 5.43 Å². The molecule has 3 rings (SSSR count). The molecule has 0 spiro atoms. The highest BCUT2D eigenvalue weighted by atomic mass is 16.5. The first-order chi connectivity index (χ1) is 12.3. The second-order valence-electron chi connectivity index (χ2n) is 6.17. The summed E-state index contributed by atoms with van der Waals surface area (Å²) in [6.07, 6.45) is 0. The van der Waals surface area contributed by atoms with Crippen LogP contribution in [0.2, 0.25) is 0 Å². The van der Waals surface area contributed by atoms with Crippen LogP contribution < -0.4 is 10.3 Å². The molecule has 130 valence electrons. The van der Waals surface area contributed by atoms with Gasteiger partial charge in [0.2, 0.25) is 0 Å². The molecule has 0 unspecified atom stereocenters. The van der Waals surface area contributed by atoms with Crippen LogP contribution in [0.5, 0.6) is 0 Å². The summed E-state index contributed by atoms with van der Waals surface area (Å²) in [6.45, 7) is 5.34. The number of quaternary nitrogens is 1. The zero-order valence-corrected chi connectivity index (χ0v) is 14.4. The van der Waals surface area contributed by atoms with E-state index in [0.717, 1.165) is 32.0 Å². The van der Waals surface area contributed by atoms with Gasteiger partial charge in [-0.1, -0.05) is 48.5 Å². The maximum absolute atomic E-state index is 12.2. The van der Waals surface area contributed by atoms with Gasteiger partial charge in [0.25, 0.3) is 5.91 Å². The summed E-state index contributed by atoms with van der Waals surface area (Å²) in [7, 11) is 0. The van der Waals surface area contributed by atoms with Gasteiger partial charge in [0.05, 0.1) is 18.9 Å². The molecule has 1 heterocycles. The van der Waals surface area contributed by atoms with Crippen molar-refractivity contribution < 1.29 is 14.4 Å². The molecule has 0 bridgehead atoms. The van der Waals surface area contributed by atoms with Gasteiger partial charge in [-0.3, -0.25) is 4.79 Å². The number of amides is 1. The average molecular weight is 338 g/mol. The summed E-state index contributed by atoms with van der Waals surface area (Å²) < 4.78 is 5.49. The van der Waals surface area contributed by atoms with Gasteiger partial charge >= 0.3 is 0 Å². The lowest BCUT2D eigenvalue weighted by molar-refractivity contribution is -0.928. The number of morpholine rings is 1. The molecule has 1 aliphatic heterocycles. The monoisotopic (exact) mass is 338 g/mol. The second kappa shape index (κ2) is 8.55. The Morgan fingerprint density at radius 1 is 1.04 bits per heavy atom. The summed E-state index contributed by atoms with van der Waals surface area (Å²) in [4.78, 5) is 13.6. The maximum atomic E-state index is 12.2. The molecule has 2 N–H and O–H groups in total. The normalized spacial score (nSPS) is 17.1. The van der Waals surface area contributed by atoms with Gasteiger partial charge in [-0.25, -0.2) is 5.43 Å². The number of carbonyl (C=O) groups excluding carboxylic acids is 1. The van der Waals surface area contributed by atoms with E-state index in [1.165, 1.54) is 10.5 Å². The van der Waals surface area contributed by atoms with Gasteiger partial charge in [0.15, 0.2) is 6.04 Å². The van der Waals surface area contributed by atoms with Crippen molar-refractivity contribution in [2.75, 3.05) is 26.3 Å². The fraction of sp³-hybridized carbons (Fsp3) is 0.300. The van der Waals surface area contributed by atoms with Crippen LogP contribution in [-0.4, -0.2) is 37.9 Å². The molecule has 5 nitrogen and oxygen atoms in total. The molecule has 1 amide bonds.